The van der Waals surface area contributed by atoms with Gasteiger partial charge in [0.1, 0.15) is 11.2 Å². The summed E-state index contributed by atoms with van der Waals surface area (Å²) >= 11 is 0.798. The molecule has 0 spiro atoms. The third kappa shape index (κ3) is 4.30. The quantitative estimate of drug-likeness (QED) is 0.184. The van der Waals surface area contributed by atoms with Gasteiger partial charge < -0.3 is 8.98 Å². The molecule has 6 heteroatoms. The number of nitrogens with zero attached hydrogens (tertiary/aromatic N) is 4. The number of hydrogen-bond donors (Lipinski definition) is 0. The standard InChI is InChI=1S/C45H26N4OS/c1-2-11-27(12-3-1)43-46-44(48-45(47-43)35-17-10-16-32-30-13-5-8-19-38(30)50-41(32)35)28-21-23-29(24-22-28)49-36-18-7-4-15-34(36)40-37(49)26-25-33-31-14-6-9-20-39(31)51-42(33)40/h1-26H/i4D,5D,6D,7D,8D,9D,10D,13D,14D,15D,16D,17D,18D,19D,20D,21D,22D,23D,24D,25D,26D. The minimum absolute atomic E-state index is 0.00205. The molecule has 4 aromatic heterocycles. The highest BCUT2D eigenvalue weighted by molar-refractivity contribution is 7.26. The molecule has 0 aliphatic heterocycles. The Balaban J connectivity index is 1.25. The van der Waals surface area contributed by atoms with E-state index in [1.54, 1.807) is 30.3 Å². The summed E-state index contributed by atoms with van der Waals surface area (Å²) in [5, 5.41) is -1.06. The summed E-state index contributed by atoms with van der Waals surface area (Å²) in [5.41, 5.74) is -2.74. The van der Waals surface area contributed by atoms with E-state index in [2.05, 4.69) is 15.0 Å². The Morgan fingerprint density at radius 1 is 0.529 bits per heavy atom. The number of hydrogen-bond acceptors (Lipinski definition) is 5. The second-order valence-corrected chi connectivity index (χ2v) is 12.2. The van der Waals surface area contributed by atoms with Gasteiger partial charge in [0.15, 0.2) is 17.5 Å². The van der Waals surface area contributed by atoms with Gasteiger partial charge in [-0.05, 0) is 54.4 Å². The topological polar surface area (TPSA) is 56.7 Å². The molecule has 51 heavy (non-hydrogen) atoms. The van der Waals surface area contributed by atoms with Crippen LogP contribution in [0.5, 0.6) is 0 Å². The molecule has 0 saturated heterocycles. The molecule has 0 amide bonds. The first-order valence-electron chi connectivity index (χ1n) is 25.7. The second-order valence-electron chi connectivity index (χ2n) is 11.2. The van der Waals surface area contributed by atoms with Crippen LogP contribution in [-0.2, 0) is 0 Å². The Morgan fingerprint density at radius 3 is 2.10 bits per heavy atom. The predicted octanol–water partition coefficient (Wildman–Crippen LogP) is 12.2. The van der Waals surface area contributed by atoms with Gasteiger partial charge in [0.05, 0.1) is 45.4 Å². The molecule has 0 N–H and O–H groups in total. The molecule has 7 aromatic carbocycles. The first kappa shape index (κ1) is 14.7. The van der Waals surface area contributed by atoms with E-state index < -0.39 is 155 Å². The van der Waals surface area contributed by atoms with Gasteiger partial charge in [0, 0.05) is 58.5 Å². The molecule has 4 heterocycles. The van der Waals surface area contributed by atoms with Crippen molar-refractivity contribution in [2.75, 3.05) is 0 Å². The zero-order chi connectivity index (χ0) is 51.7. The van der Waals surface area contributed by atoms with Crippen LogP contribution in [-0.4, -0.2) is 19.5 Å². The Bertz CT molecular complexity index is 4330. The van der Waals surface area contributed by atoms with Crippen LogP contribution in [0.1, 0.15) is 28.8 Å². The van der Waals surface area contributed by atoms with Crippen LogP contribution >= 0.6 is 11.3 Å². The van der Waals surface area contributed by atoms with E-state index in [1.165, 1.54) is 0 Å². The zero-order valence-electron chi connectivity index (χ0n) is 46.5. The largest absolute Gasteiger partial charge is 0.455 e. The number of benzene rings is 7. The highest BCUT2D eigenvalue weighted by Gasteiger charge is 2.20. The number of para-hydroxylation sites is 3. The lowest BCUT2D eigenvalue weighted by Gasteiger charge is -2.11. The number of aromatic nitrogens is 4. The summed E-state index contributed by atoms with van der Waals surface area (Å²) in [6.45, 7) is 0. The summed E-state index contributed by atoms with van der Waals surface area (Å²) in [7, 11) is 0. The van der Waals surface area contributed by atoms with Gasteiger partial charge in [-0.1, -0.05) is 103 Å². The van der Waals surface area contributed by atoms with Gasteiger partial charge in [0.25, 0.3) is 0 Å². The van der Waals surface area contributed by atoms with Gasteiger partial charge in [-0.25, -0.2) is 15.0 Å². The van der Waals surface area contributed by atoms with E-state index in [0.717, 1.165) is 15.9 Å². The molecule has 5 nitrogen and oxygen atoms in total. The Kier molecular flexibility index (Phi) is 3.15. The number of fused-ring (bicyclic) bond motifs is 10. The van der Waals surface area contributed by atoms with Crippen LogP contribution in [0.25, 0.3) is 104 Å². The van der Waals surface area contributed by atoms with E-state index in [0.29, 0.717) is 5.56 Å². The number of thiophene rings is 1. The number of rotatable bonds is 4. The van der Waals surface area contributed by atoms with Crippen molar-refractivity contribution >= 4 is 75.3 Å². The maximum absolute atomic E-state index is 9.59. The highest BCUT2D eigenvalue weighted by atomic mass is 32.1. The Hall–Kier alpha value is -6.63. The minimum atomic E-state index is -0.849. The molecule has 0 fully saturated rings. The van der Waals surface area contributed by atoms with Crippen LogP contribution in [0.15, 0.2) is 162 Å². The first-order valence-corrected chi connectivity index (χ1v) is 16.1. The normalized spacial score (nSPS) is 17.7. The van der Waals surface area contributed by atoms with E-state index >= 15 is 0 Å². The van der Waals surface area contributed by atoms with Crippen molar-refractivity contribution < 1.29 is 33.2 Å². The summed E-state index contributed by atoms with van der Waals surface area (Å²) in [6.07, 6.45) is 0. The van der Waals surface area contributed by atoms with Crippen molar-refractivity contribution in [3.63, 3.8) is 0 Å². The van der Waals surface area contributed by atoms with E-state index in [1.807, 2.05) is 0 Å². The lowest BCUT2D eigenvalue weighted by atomic mass is 10.1. The highest BCUT2D eigenvalue weighted by Crippen LogP contribution is 2.43. The van der Waals surface area contributed by atoms with Crippen molar-refractivity contribution in [2.45, 2.75) is 0 Å². The van der Waals surface area contributed by atoms with Crippen molar-refractivity contribution in [1.29, 1.82) is 0 Å². The summed E-state index contributed by atoms with van der Waals surface area (Å²) in [5.74, 6) is -1.13. The molecule has 0 atom stereocenters. The lowest BCUT2D eigenvalue weighted by Crippen LogP contribution is -2.00. The van der Waals surface area contributed by atoms with Crippen LogP contribution in [0.2, 0.25) is 0 Å². The fourth-order valence-corrected chi connectivity index (χ4v) is 7.25. The van der Waals surface area contributed by atoms with Crippen molar-refractivity contribution in [3.05, 3.63) is 157 Å². The summed E-state index contributed by atoms with van der Waals surface area (Å²) in [6, 6.07) is -5.86. The monoisotopic (exact) mass is 691 g/mol. The third-order valence-electron chi connectivity index (χ3n) is 8.36. The third-order valence-corrected chi connectivity index (χ3v) is 9.48. The SMILES string of the molecule is [2H]c1c([2H])c(-n2c3c([2H])c([2H])c([2H])c([2H])c3c3c4sc5c([2H])c([2H])c([2H])c([2H])c5c4c([2H])c([2H])c32)c([2H])c([2H])c1-c1nc(-c2ccccc2)nc(-c2c([2H])c([2H])c([2H])c3c2oc2c([2H])c([2H])c([2H])c([2H])c23)n1. The molecular weight excluding hydrogens is 645 g/mol. The van der Waals surface area contributed by atoms with E-state index in [-0.39, 0.29) is 69.8 Å². The lowest BCUT2D eigenvalue weighted by molar-refractivity contribution is 0.669. The molecule has 0 unspecified atom stereocenters. The Morgan fingerprint density at radius 2 is 1.24 bits per heavy atom. The van der Waals surface area contributed by atoms with Crippen LogP contribution < -0.4 is 0 Å². The molecule has 238 valence electrons. The molecule has 0 aliphatic carbocycles. The minimum Gasteiger partial charge on any atom is -0.455 e. The van der Waals surface area contributed by atoms with Crippen LogP contribution in [0.4, 0.5) is 0 Å². The molecule has 0 saturated carbocycles. The molecule has 11 rings (SSSR count). The van der Waals surface area contributed by atoms with Gasteiger partial charge in [0.2, 0.25) is 0 Å². The predicted molar refractivity (Wildman–Crippen MR) is 211 cm³/mol. The zero-order valence-corrected chi connectivity index (χ0v) is 26.3. The van der Waals surface area contributed by atoms with Crippen LogP contribution in [0.3, 0.4) is 0 Å². The Labute approximate surface area is 325 Å². The molecule has 11 aromatic rings. The maximum Gasteiger partial charge on any atom is 0.167 e. The fourth-order valence-electron chi connectivity index (χ4n) is 6.13. The maximum atomic E-state index is 9.59. The average molecular weight is 692 g/mol. The summed E-state index contributed by atoms with van der Waals surface area (Å²) in [4.78, 5) is 13.7. The second kappa shape index (κ2) is 10.9. The molecule has 0 radical (unpaired) electrons. The van der Waals surface area contributed by atoms with Crippen molar-refractivity contribution in [3.8, 4) is 39.9 Å². The average Bonchev–Trinajstić information content (AvgIpc) is 4.07. The smallest absolute Gasteiger partial charge is 0.167 e. The molecule has 0 bridgehead atoms. The van der Waals surface area contributed by atoms with Gasteiger partial charge in [-0.15, -0.1) is 11.3 Å². The van der Waals surface area contributed by atoms with Gasteiger partial charge >= 0.3 is 0 Å². The summed E-state index contributed by atoms with van der Waals surface area (Å²) < 4.78 is 194. The van der Waals surface area contributed by atoms with Gasteiger partial charge in [-0.2, -0.15) is 0 Å². The molecular formula is C45H26N4OS. The fraction of sp³-hybridized carbons (Fsp3) is 0. The van der Waals surface area contributed by atoms with E-state index in [9.17, 15) is 9.60 Å². The first-order chi connectivity index (χ1) is 34.0. The van der Waals surface area contributed by atoms with Crippen molar-refractivity contribution in [2.24, 2.45) is 0 Å². The van der Waals surface area contributed by atoms with Crippen molar-refractivity contribution in [1.82, 2.24) is 19.5 Å². The van der Waals surface area contributed by atoms with E-state index in [4.69, 9.17) is 23.6 Å². The molecule has 0 aliphatic rings. The number of furan rings is 1. The van der Waals surface area contributed by atoms with Crippen LogP contribution in [0, 0.1) is 0 Å². The van der Waals surface area contributed by atoms with Gasteiger partial charge in [-0.3, -0.25) is 0 Å².